The van der Waals surface area contributed by atoms with Crippen LogP contribution in [-0.4, -0.2) is 18.3 Å². The fraction of sp³-hybridized carbons (Fsp3) is 0.417. The van der Waals surface area contributed by atoms with Gasteiger partial charge < -0.3 is 9.84 Å². The quantitative estimate of drug-likeness (QED) is 0.764. The van der Waals surface area contributed by atoms with Gasteiger partial charge in [-0.15, -0.1) is 0 Å². The largest absolute Gasteiger partial charge is 0.493 e. The van der Waals surface area contributed by atoms with Crippen molar-refractivity contribution in [3.05, 3.63) is 28.8 Å². The Kier molecular flexibility index (Phi) is 4.14. The zero-order valence-corrected chi connectivity index (χ0v) is 9.08. The molecule has 0 aliphatic carbocycles. The summed E-state index contributed by atoms with van der Waals surface area (Å²) in [5, 5.41) is 17.4. The van der Waals surface area contributed by atoms with E-state index in [0.29, 0.717) is 18.6 Å². The lowest BCUT2D eigenvalue weighted by Gasteiger charge is -2.11. The SMILES string of the molecule is Cc1cc(C#N)cc(C)c1OCCCO. The summed E-state index contributed by atoms with van der Waals surface area (Å²) < 4.78 is 5.54. The van der Waals surface area contributed by atoms with Crippen LogP contribution in [0.1, 0.15) is 23.1 Å². The highest BCUT2D eigenvalue weighted by Gasteiger charge is 2.05. The maximum Gasteiger partial charge on any atom is 0.125 e. The summed E-state index contributed by atoms with van der Waals surface area (Å²) in [6, 6.07) is 5.72. The van der Waals surface area contributed by atoms with Crippen molar-refractivity contribution in [2.45, 2.75) is 20.3 Å². The summed E-state index contributed by atoms with van der Waals surface area (Å²) in [6.07, 6.45) is 0.624. The van der Waals surface area contributed by atoms with Crippen LogP contribution in [0.3, 0.4) is 0 Å². The molecule has 3 nitrogen and oxygen atoms in total. The Morgan fingerprint density at radius 1 is 1.33 bits per heavy atom. The third-order valence-electron chi connectivity index (χ3n) is 2.14. The van der Waals surface area contributed by atoms with Gasteiger partial charge in [-0.25, -0.2) is 0 Å². The number of aryl methyl sites for hydroxylation is 2. The molecule has 0 radical (unpaired) electrons. The molecular formula is C12H15NO2. The van der Waals surface area contributed by atoms with Gasteiger partial charge in [0.2, 0.25) is 0 Å². The molecule has 0 atom stereocenters. The molecule has 0 heterocycles. The second-order valence-corrected chi connectivity index (χ2v) is 3.48. The first kappa shape index (κ1) is 11.5. The Bertz CT molecular complexity index is 357. The maximum atomic E-state index is 8.77. The van der Waals surface area contributed by atoms with E-state index in [0.717, 1.165) is 16.9 Å². The van der Waals surface area contributed by atoms with Crippen LogP contribution in [0.15, 0.2) is 12.1 Å². The van der Waals surface area contributed by atoms with E-state index < -0.39 is 0 Å². The third-order valence-corrected chi connectivity index (χ3v) is 2.14. The highest BCUT2D eigenvalue weighted by Crippen LogP contribution is 2.24. The second-order valence-electron chi connectivity index (χ2n) is 3.48. The first-order chi connectivity index (χ1) is 7.19. The maximum absolute atomic E-state index is 8.77. The van der Waals surface area contributed by atoms with Gasteiger partial charge in [0.25, 0.3) is 0 Å². The average Bonchev–Trinajstić information content (AvgIpc) is 2.22. The molecule has 1 aromatic carbocycles. The van der Waals surface area contributed by atoms with Gasteiger partial charge in [0, 0.05) is 13.0 Å². The van der Waals surface area contributed by atoms with Crippen LogP contribution < -0.4 is 4.74 Å². The fourth-order valence-corrected chi connectivity index (χ4v) is 1.48. The van der Waals surface area contributed by atoms with Crippen LogP contribution in [0, 0.1) is 25.2 Å². The molecule has 0 saturated heterocycles. The van der Waals surface area contributed by atoms with Gasteiger partial charge >= 0.3 is 0 Å². The molecule has 1 aromatic rings. The van der Waals surface area contributed by atoms with E-state index in [1.165, 1.54) is 0 Å². The van der Waals surface area contributed by atoms with Crippen LogP contribution >= 0.6 is 0 Å². The van der Waals surface area contributed by atoms with E-state index in [2.05, 4.69) is 6.07 Å². The van der Waals surface area contributed by atoms with Gasteiger partial charge in [-0.3, -0.25) is 0 Å². The number of nitrogens with zero attached hydrogens (tertiary/aromatic N) is 1. The van der Waals surface area contributed by atoms with Crippen molar-refractivity contribution < 1.29 is 9.84 Å². The zero-order chi connectivity index (χ0) is 11.3. The Morgan fingerprint density at radius 3 is 2.40 bits per heavy atom. The van der Waals surface area contributed by atoms with Gasteiger partial charge in [-0.2, -0.15) is 5.26 Å². The number of rotatable bonds is 4. The normalized spacial score (nSPS) is 9.73. The van der Waals surface area contributed by atoms with Crippen molar-refractivity contribution >= 4 is 0 Å². The summed E-state index contributed by atoms with van der Waals surface area (Å²) in [5.74, 6) is 0.822. The predicted molar refractivity (Wildman–Crippen MR) is 57.8 cm³/mol. The number of ether oxygens (including phenoxy) is 1. The molecule has 0 unspecified atom stereocenters. The number of hydrogen-bond acceptors (Lipinski definition) is 3. The van der Waals surface area contributed by atoms with Gasteiger partial charge in [-0.05, 0) is 37.1 Å². The molecule has 0 fully saturated rings. The van der Waals surface area contributed by atoms with Crippen LogP contribution in [-0.2, 0) is 0 Å². The summed E-state index contributed by atoms with van der Waals surface area (Å²) in [5.41, 5.74) is 2.58. The summed E-state index contributed by atoms with van der Waals surface area (Å²) >= 11 is 0. The average molecular weight is 205 g/mol. The van der Waals surface area contributed by atoms with Crippen LogP contribution in [0.2, 0.25) is 0 Å². The lowest BCUT2D eigenvalue weighted by Crippen LogP contribution is -2.02. The van der Waals surface area contributed by atoms with Crippen LogP contribution in [0.25, 0.3) is 0 Å². The van der Waals surface area contributed by atoms with Crippen LogP contribution in [0.4, 0.5) is 0 Å². The molecule has 0 saturated carbocycles. The summed E-state index contributed by atoms with van der Waals surface area (Å²) in [4.78, 5) is 0. The molecule has 15 heavy (non-hydrogen) atoms. The van der Waals surface area contributed by atoms with Crippen molar-refractivity contribution in [2.24, 2.45) is 0 Å². The molecule has 0 aliphatic heterocycles. The number of hydrogen-bond donors (Lipinski definition) is 1. The minimum Gasteiger partial charge on any atom is -0.493 e. The van der Waals surface area contributed by atoms with E-state index in [-0.39, 0.29) is 6.61 Å². The van der Waals surface area contributed by atoms with Gasteiger partial charge in [0.1, 0.15) is 5.75 Å². The molecule has 0 amide bonds. The smallest absolute Gasteiger partial charge is 0.125 e. The zero-order valence-electron chi connectivity index (χ0n) is 9.08. The van der Waals surface area contributed by atoms with E-state index in [9.17, 15) is 0 Å². The Hall–Kier alpha value is -1.53. The number of benzene rings is 1. The molecule has 0 aromatic heterocycles. The molecule has 3 heteroatoms. The minimum absolute atomic E-state index is 0.133. The minimum atomic E-state index is 0.133. The molecule has 0 aliphatic rings. The lowest BCUT2D eigenvalue weighted by atomic mass is 10.1. The number of nitriles is 1. The topological polar surface area (TPSA) is 53.2 Å². The van der Waals surface area contributed by atoms with Crippen molar-refractivity contribution in [3.63, 3.8) is 0 Å². The predicted octanol–water partition coefficient (Wildman–Crippen LogP) is 1.94. The van der Waals surface area contributed by atoms with Crippen molar-refractivity contribution in [1.82, 2.24) is 0 Å². The molecule has 0 bridgehead atoms. The Morgan fingerprint density at radius 2 is 1.93 bits per heavy atom. The molecule has 1 N–H and O–H groups in total. The Balaban J connectivity index is 2.85. The first-order valence-electron chi connectivity index (χ1n) is 4.94. The second kappa shape index (κ2) is 5.38. The third kappa shape index (κ3) is 2.97. The molecule has 80 valence electrons. The highest BCUT2D eigenvalue weighted by molar-refractivity contribution is 5.47. The summed E-state index contributed by atoms with van der Waals surface area (Å²) in [7, 11) is 0. The lowest BCUT2D eigenvalue weighted by molar-refractivity contribution is 0.232. The van der Waals surface area contributed by atoms with E-state index >= 15 is 0 Å². The first-order valence-corrected chi connectivity index (χ1v) is 4.94. The molecule has 1 rings (SSSR count). The van der Waals surface area contributed by atoms with Crippen molar-refractivity contribution in [3.8, 4) is 11.8 Å². The number of aliphatic hydroxyl groups excluding tert-OH is 1. The fourth-order valence-electron chi connectivity index (χ4n) is 1.48. The van der Waals surface area contributed by atoms with Gasteiger partial charge in [0.05, 0.1) is 18.2 Å². The molecular weight excluding hydrogens is 190 g/mol. The van der Waals surface area contributed by atoms with E-state index in [1.807, 2.05) is 13.8 Å². The molecule has 0 spiro atoms. The highest BCUT2D eigenvalue weighted by atomic mass is 16.5. The Labute approximate surface area is 89.9 Å². The van der Waals surface area contributed by atoms with E-state index in [1.54, 1.807) is 12.1 Å². The monoisotopic (exact) mass is 205 g/mol. The van der Waals surface area contributed by atoms with Gasteiger partial charge in [-0.1, -0.05) is 0 Å². The van der Waals surface area contributed by atoms with E-state index in [4.69, 9.17) is 15.1 Å². The standard InChI is InChI=1S/C12H15NO2/c1-9-6-11(8-13)7-10(2)12(9)15-5-3-4-14/h6-7,14H,3-5H2,1-2H3. The van der Waals surface area contributed by atoms with Crippen LogP contribution in [0.5, 0.6) is 5.75 Å². The van der Waals surface area contributed by atoms with Crippen molar-refractivity contribution in [2.75, 3.05) is 13.2 Å². The van der Waals surface area contributed by atoms with Gasteiger partial charge in [0.15, 0.2) is 0 Å². The number of aliphatic hydroxyl groups is 1. The van der Waals surface area contributed by atoms with Crippen molar-refractivity contribution in [1.29, 1.82) is 5.26 Å². The summed E-state index contributed by atoms with van der Waals surface area (Å²) in [6.45, 7) is 4.47.